The summed E-state index contributed by atoms with van der Waals surface area (Å²) in [5.74, 6) is 0.314. The average Bonchev–Trinajstić information content (AvgIpc) is 2.37. The third-order valence-corrected chi connectivity index (χ3v) is 2.66. The number of methoxy groups -OCH3 is 1. The van der Waals surface area contributed by atoms with E-state index in [0.29, 0.717) is 6.61 Å². The summed E-state index contributed by atoms with van der Waals surface area (Å²) in [6.45, 7) is 1.17. The monoisotopic (exact) mass is 240 g/mol. The van der Waals surface area contributed by atoms with Crippen molar-refractivity contribution in [3.63, 3.8) is 0 Å². The van der Waals surface area contributed by atoms with Crippen molar-refractivity contribution in [2.75, 3.05) is 20.3 Å². The zero-order valence-corrected chi connectivity index (χ0v) is 9.77. The lowest BCUT2D eigenvalue weighted by Crippen LogP contribution is -2.26. The number of H-pyrrole nitrogens is 1. The van der Waals surface area contributed by atoms with Crippen molar-refractivity contribution >= 4 is 0 Å². The molecule has 94 valence electrons. The molecule has 17 heavy (non-hydrogen) atoms. The molecule has 1 aromatic heterocycles. The molecule has 0 amide bonds. The first-order chi connectivity index (χ1) is 8.31. The third-order valence-electron chi connectivity index (χ3n) is 2.66. The van der Waals surface area contributed by atoms with Crippen molar-refractivity contribution < 1.29 is 14.2 Å². The van der Waals surface area contributed by atoms with Crippen molar-refractivity contribution in [2.24, 2.45) is 0 Å². The van der Waals surface area contributed by atoms with Gasteiger partial charge < -0.3 is 19.2 Å². The first kappa shape index (κ1) is 11.9. The fourth-order valence-corrected chi connectivity index (χ4v) is 1.76. The Morgan fingerprint density at radius 1 is 1.59 bits per heavy atom. The molecule has 6 heteroatoms. The Bertz CT molecular complexity index is 412. The largest absolute Gasteiger partial charge is 0.487 e. The van der Waals surface area contributed by atoms with Gasteiger partial charge in [-0.15, -0.1) is 0 Å². The highest BCUT2D eigenvalue weighted by atomic mass is 16.5. The number of ether oxygens (including phenoxy) is 3. The van der Waals surface area contributed by atoms with Crippen LogP contribution in [0, 0.1) is 0 Å². The van der Waals surface area contributed by atoms with Crippen molar-refractivity contribution in [3.05, 3.63) is 16.7 Å². The van der Waals surface area contributed by atoms with Crippen molar-refractivity contribution in [1.29, 1.82) is 0 Å². The van der Waals surface area contributed by atoms with Gasteiger partial charge in [0.15, 0.2) is 0 Å². The Hall–Kier alpha value is -1.56. The van der Waals surface area contributed by atoms with Crippen LogP contribution in [0.25, 0.3) is 0 Å². The molecule has 0 aromatic carbocycles. The lowest BCUT2D eigenvalue weighted by atomic mass is 10.1. The first-order valence-corrected chi connectivity index (χ1v) is 5.67. The highest BCUT2D eigenvalue weighted by Gasteiger charge is 2.17. The second kappa shape index (κ2) is 5.67. The fraction of sp³-hybridized carbons (Fsp3) is 0.636. The van der Waals surface area contributed by atoms with E-state index in [0.717, 1.165) is 25.9 Å². The maximum Gasteiger partial charge on any atom is 0.297 e. The van der Waals surface area contributed by atoms with Crippen LogP contribution in [0.2, 0.25) is 0 Å². The van der Waals surface area contributed by atoms with Gasteiger partial charge in [0.1, 0.15) is 6.61 Å². The molecule has 6 nitrogen and oxygen atoms in total. The Balaban J connectivity index is 1.98. The molecule has 0 radical (unpaired) electrons. The second-order valence-corrected chi connectivity index (χ2v) is 3.87. The van der Waals surface area contributed by atoms with Gasteiger partial charge in [-0.1, -0.05) is 0 Å². The Labute approximate surface area is 98.9 Å². The topological polar surface area (TPSA) is 73.4 Å². The third kappa shape index (κ3) is 2.97. The number of hydrogen-bond donors (Lipinski definition) is 1. The van der Waals surface area contributed by atoms with E-state index in [2.05, 4.69) is 9.97 Å². The Morgan fingerprint density at radius 3 is 3.18 bits per heavy atom. The number of aromatic nitrogens is 2. The van der Waals surface area contributed by atoms with E-state index in [1.165, 1.54) is 13.4 Å². The van der Waals surface area contributed by atoms with Crippen LogP contribution >= 0.6 is 0 Å². The molecule has 0 bridgehead atoms. The summed E-state index contributed by atoms with van der Waals surface area (Å²) in [5.41, 5.74) is -0.345. The van der Waals surface area contributed by atoms with Crippen LogP contribution in [0.1, 0.15) is 19.3 Å². The lowest BCUT2D eigenvalue weighted by Gasteiger charge is -2.22. The minimum Gasteiger partial charge on any atom is -0.487 e. The Morgan fingerprint density at radius 2 is 2.47 bits per heavy atom. The summed E-state index contributed by atoms with van der Waals surface area (Å²) in [6, 6.07) is 0. The molecule has 1 fully saturated rings. The van der Waals surface area contributed by atoms with Crippen LogP contribution in [0.3, 0.4) is 0 Å². The molecule has 1 N–H and O–H groups in total. The summed E-state index contributed by atoms with van der Waals surface area (Å²) >= 11 is 0. The van der Waals surface area contributed by atoms with Gasteiger partial charge in [0, 0.05) is 6.61 Å². The van der Waals surface area contributed by atoms with Crippen LogP contribution in [0.5, 0.6) is 11.6 Å². The number of rotatable bonds is 4. The predicted octanol–water partition coefficient (Wildman–Crippen LogP) is 0.726. The highest BCUT2D eigenvalue weighted by molar-refractivity contribution is 5.29. The van der Waals surface area contributed by atoms with E-state index in [-0.39, 0.29) is 23.3 Å². The lowest BCUT2D eigenvalue weighted by molar-refractivity contribution is -0.0124. The number of nitrogens with one attached hydrogen (secondary N) is 1. The molecule has 1 aliphatic rings. The molecule has 1 atom stereocenters. The molecule has 2 heterocycles. The van der Waals surface area contributed by atoms with E-state index in [4.69, 9.17) is 14.2 Å². The molecule has 2 rings (SSSR count). The highest BCUT2D eigenvalue weighted by Crippen LogP contribution is 2.19. The molecule has 1 aliphatic heterocycles. The molecule has 1 unspecified atom stereocenters. The van der Waals surface area contributed by atoms with Crippen LogP contribution in [-0.2, 0) is 4.74 Å². The van der Waals surface area contributed by atoms with E-state index in [9.17, 15) is 4.79 Å². The van der Waals surface area contributed by atoms with E-state index >= 15 is 0 Å². The average molecular weight is 240 g/mol. The van der Waals surface area contributed by atoms with Crippen LogP contribution in [0.15, 0.2) is 11.1 Å². The van der Waals surface area contributed by atoms with Gasteiger partial charge in [-0.3, -0.25) is 4.79 Å². The molecule has 0 aliphatic carbocycles. The SMILES string of the molecule is COc1c(OCC2CCCCO2)nc[nH]c1=O. The number of aromatic amines is 1. The van der Waals surface area contributed by atoms with Crippen molar-refractivity contribution in [3.8, 4) is 11.6 Å². The minimum absolute atomic E-state index is 0.0783. The standard InChI is InChI=1S/C11H16N2O4/c1-15-9-10(14)12-7-13-11(9)17-6-8-4-2-3-5-16-8/h7-8H,2-6H2,1H3,(H,12,13,14). The van der Waals surface area contributed by atoms with Gasteiger partial charge in [0.25, 0.3) is 11.4 Å². The maximum absolute atomic E-state index is 11.4. The molecule has 1 aromatic rings. The summed E-state index contributed by atoms with van der Waals surface area (Å²) in [4.78, 5) is 17.8. The zero-order valence-electron chi connectivity index (χ0n) is 9.77. The van der Waals surface area contributed by atoms with Gasteiger partial charge >= 0.3 is 0 Å². The number of nitrogens with zero attached hydrogens (tertiary/aromatic N) is 1. The van der Waals surface area contributed by atoms with Crippen LogP contribution in [-0.4, -0.2) is 36.4 Å². The first-order valence-electron chi connectivity index (χ1n) is 5.67. The van der Waals surface area contributed by atoms with Crippen LogP contribution < -0.4 is 15.0 Å². The van der Waals surface area contributed by atoms with E-state index in [1.54, 1.807) is 0 Å². The molecular weight excluding hydrogens is 224 g/mol. The minimum atomic E-state index is -0.345. The van der Waals surface area contributed by atoms with E-state index < -0.39 is 0 Å². The molecule has 0 spiro atoms. The molecular formula is C11H16N2O4. The van der Waals surface area contributed by atoms with Gasteiger partial charge in [0.05, 0.1) is 19.5 Å². The quantitative estimate of drug-likeness (QED) is 0.839. The normalized spacial score (nSPS) is 19.9. The predicted molar refractivity (Wildman–Crippen MR) is 60.5 cm³/mol. The second-order valence-electron chi connectivity index (χ2n) is 3.87. The van der Waals surface area contributed by atoms with Gasteiger partial charge in [-0.25, -0.2) is 4.98 Å². The van der Waals surface area contributed by atoms with Crippen molar-refractivity contribution in [1.82, 2.24) is 9.97 Å². The molecule has 0 saturated carbocycles. The fourth-order valence-electron chi connectivity index (χ4n) is 1.76. The smallest absolute Gasteiger partial charge is 0.297 e. The maximum atomic E-state index is 11.4. The summed E-state index contributed by atoms with van der Waals surface area (Å²) in [6.07, 6.45) is 4.60. The van der Waals surface area contributed by atoms with Gasteiger partial charge in [-0.05, 0) is 19.3 Å². The van der Waals surface area contributed by atoms with E-state index in [1.807, 2.05) is 0 Å². The zero-order chi connectivity index (χ0) is 12.1. The summed E-state index contributed by atoms with van der Waals surface area (Å²) in [5, 5.41) is 0. The molecule has 1 saturated heterocycles. The van der Waals surface area contributed by atoms with Crippen molar-refractivity contribution in [2.45, 2.75) is 25.4 Å². The van der Waals surface area contributed by atoms with Gasteiger partial charge in [-0.2, -0.15) is 0 Å². The van der Waals surface area contributed by atoms with Crippen LogP contribution in [0.4, 0.5) is 0 Å². The summed E-state index contributed by atoms with van der Waals surface area (Å²) in [7, 11) is 1.41. The van der Waals surface area contributed by atoms with Gasteiger partial charge in [0.2, 0.25) is 5.75 Å². The summed E-state index contributed by atoms with van der Waals surface area (Å²) < 4.78 is 15.9. The Kier molecular flexibility index (Phi) is 3.98. The number of hydrogen-bond acceptors (Lipinski definition) is 5.